The zero-order chi connectivity index (χ0) is 10.6. The molecule has 2 N–H and O–H groups in total. The number of ether oxygens (including phenoxy) is 1. The van der Waals surface area contributed by atoms with E-state index in [2.05, 4.69) is 0 Å². The van der Waals surface area contributed by atoms with Gasteiger partial charge in [0.2, 0.25) is 0 Å². The molecule has 0 aromatic rings. The monoisotopic (exact) mass is 185 g/mol. The van der Waals surface area contributed by atoms with E-state index in [-0.39, 0.29) is 12.0 Å². The van der Waals surface area contributed by atoms with Crippen LogP contribution in [-0.4, -0.2) is 17.6 Å². The standard InChI is InChI=1S/C10H19NO2/c1-7(6-8(2)11)9(12)13-10(3,4)5/h6,8H,11H2,1-5H3. The maximum atomic E-state index is 11.3. The molecule has 0 saturated heterocycles. The van der Waals surface area contributed by atoms with E-state index in [0.717, 1.165) is 0 Å². The molecule has 0 aromatic carbocycles. The number of carbonyl (C=O) groups excluding carboxylic acids is 1. The Hall–Kier alpha value is -0.830. The molecular weight excluding hydrogens is 166 g/mol. The van der Waals surface area contributed by atoms with Crippen molar-refractivity contribution in [1.82, 2.24) is 0 Å². The van der Waals surface area contributed by atoms with Gasteiger partial charge in [0, 0.05) is 11.6 Å². The number of hydrogen-bond acceptors (Lipinski definition) is 3. The topological polar surface area (TPSA) is 52.3 Å². The highest BCUT2D eigenvalue weighted by atomic mass is 16.6. The van der Waals surface area contributed by atoms with E-state index < -0.39 is 5.60 Å². The molecule has 0 aliphatic carbocycles. The number of rotatable bonds is 2. The predicted octanol–water partition coefficient (Wildman–Crippen LogP) is 1.62. The smallest absolute Gasteiger partial charge is 0.333 e. The molecule has 0 aromatic heterocycles. The Morgan fingerprint density at radius 1 is 1.46 bits per heavy atom. The quantitative estimate of drug-likeness (QED) is 0.525. The molecule has 1 atom stereocenters. The first-order chi connectivity index (χ1) is 5.72. The van der Waals surface area contributed by atoms with E-state index in [9.17, 15) is 4.79 Å². The lowest BCUT2D eigenvalue weighted by Gasteiger charge is -2.19. The first-order valence-corrected chi connectivity index (χ1v) is 4.40. The van der Waals surface area contributed by atoms with E-state index in [1.807, 2.05) is 27.7 Å². The van der Waals surface area contributed by atoms with Gasteiger partial charge in [0.05, 0.1) is 0 Å². The summed E-state index contributed by atoms with van der Waals surface area (Å²) >= 11 is 0. The molecule has 76 valence electrons. The summed E-state index contributed by atoms with van der Waals surface area (Å²) in [6.07, 6.45) is 1.69. The molecule has 0 saturated carbocycles. The highest BCUT2D eigenvalue weighted by molar-refractivity contribution is 5.88. The molecule has 0 heterocycles. The molecule has 0 radical (unpaired) electrons. The lowest BCUT2D eigenvalue weighted by molar-refractivity contribution is -0.149. The van der Waals surface area contributed by atoms with Crippen molar-refractivity contribution in [2.75, 3.05) is 0 Å². The minimum Gasteiger partial charge on any atom is -0.457 e. The van der Waals surface area contributed by atoms with Crippen LogP contribution in [0.25, 0.3) is 0 Å². The van der Waals surface area contributed by atoms with Gasteiger partial charge in [-0.1, -0.05) is 6.08 Å². The van der Waals surface area contributed by atoms with Gasteiger partial charge in [-0.25, -0.2) is 4.79 Å². The van der Waals surface area contributed by atoms with Crippen LogP contribution in [0, 0.1) is 0 Å². The second-order valence-corrected chi connectivity index (χ2v) is 4.21. The Morgan fingerprint density at radius 3 is 2.23 bits per heavy atom. The van der Waals surface area contributed by atoms with Crippen molar-refractivity contribution >= 4 is 5.97 Å². The van der Waals surface area contributed by atoms with E-state index in [1.165, 1.54) is 0 Å². The van der Waals surface area contributed by atoms with Gasteiger partial charge < -0.3 is 10.5 Å². The summed E-state index contributed by atoms with van der Waals surface area (Å²) in [6.45, 7) is 9.03. The van der Waals surface area contributed by atoms with Crippen molar-refractivity contribution in [2.45, 2.75) is 46.3 Å². The average molecular weight is 185 g/mol. The molecule has 3 nitrogen and oxygen atoms in total. The minimum absolute atomic E-state index is 0.118. The van der Waals surface area contributed by atoms with Gasteiger partial charge in [-0.15, -0.1) is 0 Å². The number of nitrogens with two attached hydrogens (primary N) is 1. The van der Waals surface area contributed by atoms with Crippen molar-refractivity contribution in [2.24, 2.45) is 5.73 Å². The van der Waals surface area contributed by atoms with Gasteiger partial charge in [0.15, 0.2) is 0 Å². The molecule has 0 rings (SSSR count). The SMILES string of the molecule is CC(=CC(C)N)C(=O)OC(C)(C)C. The maximum absolute atomic E-state index is 11.3. The van der Waals surface area contributed by atoms with Crippen LogP contribution in [0.1, 0.15) is 34.6 Å². The zero-order valence-corrected chi connectivity index (χ0v) is 9.05. The van der Waals surface area contributed by atoms with Crippen molar-refractivity contribution in [3.8, 4) is 0 Å². The van der Waals surface area contributed by atoms with E-state index in [1.54, 1.807) is 13.0 Å². The first kappa shape index (κ1) is 12.2. The number of esters is 1. The van der Waals surface area contributed by atoms with Crippen molar-refractivity contribution < 1.29 is 9.53 Å². The highest BCUT2D eigenvalue weighted by Crippen LogP contribution is 2.10. The fraction of sp³-hybridized carbons (Fsp3) is 0.700. The van der Waals surface area contributed by atoms with Crippen LogP contribution in [0.15, 0.2) is 11.6 Å². The molecular formula is C10H19NO2. The second kappa shape index (κ2) is 4.42. The average Bonchev–Trinajstić information content (AvgIpc) is 1.81. The number of carbonyl (C=O) groups is 1. The Labute approximate surface area is 79.9 Å². The molecule has 0 bridgehead atoms. The fourth-order valence-corrected chi connectivity index (χ4v) is 0.821. The summed E-state index contributed by atoms with van der Waals surface area (Å²) in [5, 5.41) is 0. The third kappa shape index (κ3) is 6.34. The van der Waals surface area contributed by atoms with Gasteiger partial charge in [-0.2, -0.15) is 0 Å². The Balaban J connectivity index is 4.29. The van der Waals surface area contributed by atoms with E-state index in [4.69, 9.17) is 10.5 Å². The Morgan fingerprint density at radius 2 is 1.92 bits per heavy atom. The lowest BCUT2D eigenvalue weighted by Crippen LogP contribution is -2.25. The van der Waals surface area contributed by atoms with Crippen LogP contribution in [0.3, 0.4) is 0 Å². The normalized spacial score (nSPS) is 15.4. The maximum Gasteiger partial charge on any atom is 0.333 e. The van der Waals surface area contributed by atoms with Crippen LogP contribution in [0.2, 0.25) is 0 Å². The summed E-state index contributed by atoms with van der Waals surface area (Å²) in [4.78, 5) is 11.3. The van der Waals surface area contributed by atoms with Crippen LogP contribution >= 0.6 is 0 Å². The molecule has 0 fully saturated rings. The van der Waals surface area contributed by atoms with Crippen LogP contribution < -0.4 is 5.73 Å². The third-order valence-corrected chi connectivity index (χ3v) is 1.23. The molecule has 0 spiro atoms. The summed E-state index contributed by atoms with van der Waals surface area (Å²) in [5.74, 6) is -0.301. The predicted molar refractivity (Wildman–Crippen MR) is 53.3 cm³/mol. The highest BCUT2D eigenvalue weighted by Gasteiger charge is 2.17. The largest absolute Gasteiger partial charge is 0.457 e. The van der Waals surface area contributed by atoms with E-state index in [0.29, 0.717) is 5.57 Å². The third-order valence-electron chi connectivity index (χ3n) is 1.23. The van der Waals surface area contributed by atoms with Crippen molar-refractivity contribution in [3.05, 3.63) is 11.6 Å². The van der Waals surface area contributed by atoms with Crippen molar-refractivity contribution in [3.63, 3.8) is 0 Å². The minimum atomic E-state index is -0.440. The summed E-state index contributed by atoms with van der Waals surface area (Å²) in [5.41, 5.74) is 5.63. The van der Waals surface area contributed by atoms with Crippen LogP contribution in [0.5, 0.6) is 0 Å². The van der Waals surface area contributed by atoms with Gasteiger partial charge in [-0.3, -0.25) is 0 Å². The molecule has 1 unspecified atom stereocenters. The van der Waals surface area contributed by atoms with Crippen LogP contribution in [-0.2, 0) is 9.53 Å². The molecule has 0 aliphatic rings. The molecule has 13 heavy (non-hydrogen) atoms. The van der Waals surface area contributed by atoms with Gasteiger partial charge >= 0.3 is 5.97 Å². The van der Waals surface area contributed by atoms with Gasteiger partial charge in [-0.05, 0) is 34.6 Å². The molecule has 3 heteroatoms. The van der Waals surface area contributed by atoms with Crippen LogP contribution in [0.4, 0.5) is 0 Å². The summed E-state index contributed by atoms with van der Waals surface area (Å²) in [6, 6.07) is -0.118. The Kier molecular flexibility index (Phi) is 4.14. The Bertz CT molecular complexity index is 211. The molecule has 0 amide bonds. The van der Waals surface area contributed by atoms with Gasteiger partial charge in [0.25, 0.3) is 0 Å². The van der Waals surface area contributed by atoms with E-state index >= 15 is 0 Å². The lowest BCUT2D eigenvalue weighted by atomic mass is 10.1. The summed E-state index contributed by atoms with van der Waals surface area (Å²) in [7, 11) is 0. The second-order valence-electron chi connectivity index (χ2n) is 4.21. The first-order valence-electron chi connectivity index (χ1n) is 4.40. The van der Waals surface area contributed by atoms with Crippen molar-refractivity contribution in [1.29, 1.82) is 0 Å². The fourth-order valence-electron chi connectivity index (χ4n) is 0.821. The summed E-state index contributed by atoms with van der Waals surface area (Å²) < 4.78 is 5.14. The van der Waals surface area contributed by atoms with Gasteiger partial charge in [0.1, 0.15) is 5.60 Å². The molecule has 0 aliphatic heterocycles. The zero-order valence-electron chi connectivity index (χ0n) is 9.05. The number of hydrogen-bond donors (Lipinski definition) is 1.